The van der Waals surface area contributed by atoms with Crippen LogP contribution < -0.4 is 0 Å². The summed E-state index contributed by atoms with van der Waals surface area (Å²) in [5, 5.41) is 26.6. The molecule has 3 unspecified atom stereocenters. The van der Waals surface area contributed by atoms with Crippen LogP contribution in [-0.4, -0.2) is 39.3 Å². The van der Waals surface area contributed by atoms with E-state index in [0.717, 1.165) is 0 Å². The maximum Gasteiger partial charge on any atom is 0.332 e. The molecular formula is C7H14O5. The van der Waals surface area contributed by atoms with Gasteiger partial charge in [0.1, 0.15) is 6.10 Å². The highest BCUT2D eigenvalue weighted by Gasteiger charge is 2.31. The highest BCUT2D eigenvalue weighted by atomic mass is 16.6. The molecule has 5 heteroatoms. The van der Waals surface area contributed by atoms with Crippen LogP contribution in [0.2, 0.25) is 0 Å². The molecule has 0 fully saturated rings. The van der Waals surface area contributed by atoms with E-state index in [1.165, 1.54) is 20.8 Å². The van der Waals surface area contributed by atoms with Crippen molar-refractivity contribution in [3.63, 3.8) is 0 Å². The molecule has 12 heavy (non-hydrogen) atoms. The number of hydrogen-bond donors (Lipinski definition) is 3. The molecule has 0 aromatic heterocycles. The predicted octanol–water partition coefficient (Wildman–Crippen LogP) is -0.435. The topological polar surface area (TPSA) is 87.0 Å². The van der Waals surface area contributed by atoms with Crippen molar-refractivity contribution in [1.29, 1.82) is 0 Å². The monoisotopic (exact) mass is 178 g/mol. The number of carboxylic acid groups (broad SMARTS) is 1. The molecule has 0 aromatic carbocycles. The van der Waals surface area contributed by atoms with Gasteiger partial charge in [0.15, 0.2) is 11.9 Å². The first-order valence-corrected chi connectivity index (χ1v) is 3.58. The van der Waals surface area contributed by atoms with Crippen LogP contribution in [-0.2, 0) is 9.53 Å². The zero-order chi connectivity index (χ0) is 9.94. The third-order valence-corrected chi connectivity index (χ3v) is 1.54. The van der Waals surface area contributed by atoms with Crippen molar-refractivity contribution in [2.75, 3.05) is 0 Å². The molecule has 0 heterocycles. The highest BCUT2D eigenvalue weighted by Crippen LogP contribution is 2.13. The van der Waals surface area contributed by atoms with Crippen LogP contribution in [0.1, 0.15) is 20.8 Å². The molecule has 0 saturated heterocycles. The van der Waals surface area contributed by atoms with Gasteiger partial charge in [-0.05, 0) is 20.8 Å². The van der Waals surface area contributed by atoms with Crippen LogP contribution >= 0.6 is 0 Å². The maximum absolute atomic E-state index is 10.3. The van der Waals surface area contributed by atoms with E-state index in [2.05, 4.69) is 4.74 Å². The SMILES string of the molecule is CC(OC(C)(O)C(C)O)C(=O)O. The third-order valence-electron chi connectivity index (χ3n) is 1.54. The Kier molecular flexibility index (Phi) is 3.63. The molecule has 0 rings (SSSR count). The lowest BCUT2D eigenvalue weighted by Gasteiger charge is -2.28. The Bertz CT molecular complexity index is 163. The fourth-order valence-electron chi connectivity index (χ4n) is 0.507. The fraction of sp³-hybridized carbons (Fsp3) is 0.857. The van der Waals surface area contributed by atoms with Crippen molar-refractivity contribution in [3.05, 3.63) is 0 Å². The number of hydrogen-bond acceptors (Lipinski definition) is 4. The van der Waals surface area contributed by atoms with E-state index in [9.17, 15) is 9.90 Å². The van der Waals surface area contributed by atoms with Gasteiger partial charge in [0.25, 0.3) is 0 Å². The van der Waals surface area contributed by atoms with Gasteiger partial charge in [-0.1, -0.05) is 0 Å². The fourth-order valence-corrected chi connectivity index (χ4v) is 0.507. The number of aliphatic carboxylic acids is 1. The summed E-state index contributed by atoms with van der Waals surface area (Å²) in [5.41, 5.74) is 0. The van der Waals surface area contributed by atoms with Crippen LogP contribution in [0.15, 0.2) is 0 Å². The molecular weight excluding hydrogens is 164 g/mol. The Morgan fingerprint density at radius 2 is 1.92 bits per heavy atom. The summed E-state index contributed by atoms with van der Waals surface area (Å²) in [6, 6.07) is 0. The molecule has 0 aliphatic rings. The average molecular weight is 178 g/mol. The second kappa shape index (κ2) is 3.84. The van der Waals surface area contributed by atoms with E-state index in [1.807, 2.05) is 0 Å². The van der Waals surface area contributed by atoms with Gasteiger partial charge in [-0.25, -0.2) is 4.79 Å². The molecule has 3 N–H and O–H groups in total. The molecule has 0 aromatic rings. The number of aliphatic hydroxyl groups excluding tert-OH is 1. The lowest BCUT2D eigenvalue weighted by Crippen LogP contribution is -2.44. The van der Waals surface area contributed by atoms with Crippen LogP contribution in [0.3, 0.4) is 0 Å². The summed E-state index contributed by atoms with van der Waals surface area (Å²) in [4.78, 5) is 10.3. The lowest BCUT2D eigenvalue weighted by molar-refractivity contribution is -0.259. The second-order valence-corrected chi connectivity index (χ2v) is 2.83. The zero-order valence-electron chi connectivity index (χ0n) is 7.31. The summed E-state index contributed by atoms with van der Waals surface area (Å²) in [5.74, 6) is -3.01. The van der Waals surface area contributed by atoms with Gasteiger partial charge in [0.2, 0.25) is 0 Å². The van der Waals surface area contributed by atoms with Crippen molar-refractivity contribution in [2.24, 2.45) is 0 Å². The normalized spacial score (nSPS) is 21.1. The van der Waals surface area contributed by atoms with Gasteiger partial charge >= 0.3 is 5.97 Å². The molecule has 0 spiro atoms. The Morgan fingerprint density at radius 1 is 1.50 bits per heavy atom. The van der Waals surface area contributed by atoms with Gasteiger partial charge in [-0.2, -0.15) is 0 Å². The molecule has 0 saturated carbocycles. The standard InChI is InChI=1S/C7H14O5/c1-4(6(9)10)12-7(3,11)5(2)8/h4-5,8,11H,1-3H3,(H,9,10). The summed E-state index contributed by atoms with van der Waals surface area (Å²) >= 11 is 0. The van der Waals surface area contributed by atoms with E-state index >= 15 is 0 Å². The molecule has 0 aliphatic carbocycles. The van der Waals surface area contributed by atoms with Gasteiger partial charge < -0.3 is 20.1 Å². The molecule has 0 bridgehead atoms. The molecule has 0 aliphatic heterocycles. The number of carbonyl (C=O) groups is 1. The van der Waals surface area contributed by atoms with Crippen molar-refractivity contribution in [2.45, 2.75) is 38.8 Å². The van der Waals surface area contributed by atoms with Crippen molar-refractivity contribution >= 4 is 5.97 Å². The first kappa shape index (κ1) is 11.4. The van der Waals surface area contributed by atoms with Crippen molar-refractivity contribution in [1.82, 2.24) is 0 Å². The Balaban J connectivity index is 4.15. The van der Waals surface area contributed by atoms with E-state index in [4.69, 9.17) is 10.2 Å². The van der Waals surface area contributed by atoms with E-state index in [0.29, 0.717) is 0 Å². The molecule has 3 atom stereocenters. The van der Waals surface area contributed by atoms with Crippen molar-refractivity contribution < 1.29 is 24.9 Å². The predicted molar refractivity (Wildman–Crippen MR) is 40.5 cm³/mol. The number of aliphatic hydroxyl groups is 2. The van der Waals surface area contributed by atoms with Crippen LogP contribution in [0, 0.1) is 0 Å². The summed E-state index contributed by atoms with van der Waals surface area (Å²) in [6.07, 6.45) is -2.28. The lowest BCUT2D eigenvalue weighted by atomic mass is 10.2. The van der Waals surface area contributed by atoms with Crippen molar-refractivity contribution in [3.8, 4) is 0 Å². The van der Waals surface area contributed by atoms with Gasteiger partial charge in [0, 0.05) is 0 Å². The number of ether oxygens (including phenoxy) is 1. The summed E-state index contributed by atoms with van der Waals surface area (Å²) < 4.78 is 4.67. The maximum atomic E-state index is 10.3. The van der Waals surface area contributed by atoms with E-state index in [1.54, 1.807) is 0 Å². The summed E-state index contributed by atoms with van der Waals surface area (Å²) in [6.45, 7) is 3.80. The highest BCUT2D eigenvalue weighted by molar-refractivity contribution is 5.71. The van der Waals surface area contributed by atoms with E-state index in [-0.39, 0.29) is 0 Å². The molecule has 0 amide bonds. The third kappa shape index (κ3) is 3.17. The van der Waals surface area contributed by atoms with E-state index < -0.39 is 24.0 Å². The zero-order valence-corrected chi connectivity index (χ0v) is 7.31. The quantitative estimate of drug-likeness (QED) is 0.508. The second-order valence-electron chi connectivity index (χ2n) is 2.83. The first-order valence-electron chi connectivity index (χ1n) is 3.58. The largest absolute Gasteiger partial charge is 0.479 e. The minimum absolute atomic E-state index is 1.14. The van der Waals surface area contributed by atoms with Gasteiger partial charge in [0.05, 0.1) is 0 Å². The van der Waals surface area contributed by atoms with Gasteiger partial charge in [-0.3, -0.25) is 0 Å². The number of carboxylic acids is 1. The first-order chi connectivity index (χ1) is 5.27. The average Bonchev–Trinajstić information content (AvgIpc) is 1.85. The Morgan fingerprint density at radius 3 is 2.17 bits per heavy atom. The molecule has 72 valence electrons. The van der Waals surface area contributed by atoms with Gasteiger partial charge in [-0.15, -0.1) is 0 Å². The molecule has 0 radical (unpaired) electrons. The minimum atomic E-state index is -1.82. The number of rotatable bonds is 4. The van der Waals surface area contributed by atoms with Crippen LogP contribution in [0.5, 0.6) is 0 Å². The molecule has 5 nitrogen and oxygen atoms in total. The Labute approximate surface area is 70.6 Å². The Hall–Kier alpha value is -0.650. The van der Waals surface area contributed by atoms with Crippen LogP contribution in [0.25, 0.3) is 0 Å². The summed E-state index contributed by atoms with van der Waals surface area (Å²) in [7, 11) is 0. The smallest absolute Gasteiger partial charge is 0.332 e. The minimum Gasteiger partial charge on any atom is -0.479 e. The van der Waals surface area contributed by atoms with Crippen LogP contribution in [0.4, 0.5) is 0 Å².